The average molecular weight is 624 g/mol. The number of methoxy groups -OCH3 is 2. The number of hydrogen-bond donors (Lipinski definition) is 0. The maximum Gasteiger partial charge on any atom is 0.245 e. The van der Waals surface area contributed by atoms with Gasteiger partial charge >= 0.3 is 0 Å². The first-order valence-corrected chi connectivity index (χ1v) is 15.5. The van der Waals surface area contributed by atoms with Gasteiger partial charge in [0.15, 0.2) is 28.3 Å². The molecule has 0 amide bonds. The third-order valence-electron chi connectivity index (χ3n) is 9.26. The average Bonchev–Trinajstić information content (AvgIpc) is 3.04. The van der Waals surface area contributed by atoms with Crippen LogP contribution in [0.25, 0.3) is 0 Å². The monoisotopic (exact) mass is 623 g/mol. The van der Waals surface area contributed by atoms with Gasteiger partial charge in [0.2, 0.25) is 5.75 Å². The Hall–Kier alpha value is -4.60. The molecule has 0 N–H and O–H groups in total. The summed E-state index contributed by atoms with van der Waals surface area (Å²) >= 11 is 0. The van der Waals surface area contributed by atoms with E-state index in [2.05, 4.69) is 53.4 Å². The molecule has 46 heavy (non-hydrogen) atoms. The van der Waals surface area contributed by atoms with Crippen molar-refractivity contribution in [2.24, 2.45) is 5.34 Å². The van der Waals surface area contributed by atoms with Crippen LogP contribution in [0, 0.1) is 18.8 Å². The SMILES string of the molecule is COc1ccc2cc1Oc1ccc(cc1)C[C@H]1c3cc(c(C)cc3CCN1C)Oc1c(ON=O)c(OC)cc(C)c1[C@@H](N(C)C)C2. The Bertz CT molecular complexity index is 1750. The van der Waals surface area contributed by atoms with Crippen LogP contribution in [-0.4, -0.2) is 51.7 Å². The molecule has 2 atom stereocenters. The van der Waals surface area contributed by atoms with Crippen LogP contribution in [0.4, 0.5) is 0 Å². The van der Waals surface area contributed by atoms with Crippen molar-refractivity contribution < 1.29 is 23.8 Å². The van der Waals surface area contributed by atoms with Crippen molar-refractivity contribution in [2.45, 2.75) is 45.2 Å². The number of benzene rings is 4. The van der Waals surface area contributed by atoms with Crippen molar-refractivity contribution in [3.05, 3.63) is 105 Å². The van der Waals surface area contributed by atoms with Crippen LogP contribution in [0.2, 0.25) is 0 Å². The van der Waals surface area contributed by atoms with E-state index in [-0.39, 0.29) is 17.8 Å². The zero-order valence-electron chi connectivity index (χ0n) is 27.5. The minimum Gasteiger partial charge on any atom is -0.493 e. The Morgan fingerprint density at radius 1 is 0.848 bits per heavy atom. The summed E-state index contributed by atoms with van der Waals surface area (Å²) in [5.74, 6) is 3.62. The van der Waals surface area contributed by atoms with Crippen LogP contribution in [-0.2, 0) is 19.3 Å². The van der Waals surface area contributed by atoms with E-state index in [1.165, 1.54) is 16.7 Å². The highest BCUT2D eigenvalue weighted by Crippen LogP contribution is 2.49. The first kappa shape index (κ1) is 31.4. The second-order valence-electron chi connectivity index (χ2n) is 12.4. The number of ether oxygens (including phenoxy) is 4. The molecule has 240 valence electrons. The smallest absolute Gasteiger partial charge is 0.245 e. The van der Waals surface area contributed by atoms with E-state index in [0.29, 0.717) is 35.2 Å². The van der Waals surface area contributed by atoms with Crippen molar-refractivity contribution in [1.29, 1.82) is 0 Å². The van der Waals surface area contributed by atoms with Gasteiger partial charge in [0.05, 0.1) is 14.2 Å². The molecule has 0 unspecified atom stereocenters. The maximum absolute atomic E-state index is 11.6. The molecule has 0 aliphatic carbocycles. The second-order valence-corrected chi connectivity index (χ2v) is 12.4. The molecule has 9 nitrogen and oxygen atoms in total. The van der Waals surface area contributed by atoms with E-state index in [0.717, 1.165) is 47.4 Å². The zero-order chi connectivity index (χ0) is 32.5. The zero-order valence-corrected chi connectivity index (χ0v) is 27.5. The van der Waals surface area contributed by atoms with Gasteiger partial charge in [-0.1, -0.05) is 24.3 Å². The number of rotatable bonds is 5. The van der Waals surface area contributed by atoms with Crippen molar-refractivity contribution in [3.63, 3.8) is 0 Å². The molecule has 7 rings (SSSR count). The van der Waals surface area contributed by atoms with Crippen LogP contribution < -0.4 is 23.8 Å². The first-order chi connectivity index (χ1) is 22.2. The Morgan fingerprint density at radius 2 is 1.59 bits per heavy atom. The van der Waals surface area contributed by atoms with Gasteiger partial charge in [-0.15, -0.1) is 4.91 Å². The summed E-state index contributed by atoms with van der Waals surface area (Å²) < 4.78 is 24.7. The summed E-state index contributed by atoms with van der Waals surface area (Å²) in [6.45, 7) is 5.03. The molecule has 3 heterocycles. The van der Waals surface area contributed by atoms with Crippen LogP contribution in [0.5, 0.6) is 40.2 Å². The quantitative estimate of drug-likeness (QED) is 0.164. The van der Waals surface area contributed by atoms with Gasteiger partial charge in [-0.05, 0) is 124 Å². The predicted molar refractivity (Wildman–Crippen MR) is 178 cm³/mol. The highest BCUT2D eigenvalue weighted by atomic mass is 16.7. The minimum absolute atomic E-state index is 0.141. The molecule has 4 aromatic carbocycles. The van der Waals surface area contributed by atoms with Gasteiger partial charge in [-0.3, -0.25) is 4.90 Å². The van der Waals surface area contributed by atoms with Crippen LogP contribution in [0.3, 0.4) is 0 Å². The molecule has 0 saturated heterocycles. The first-order valence-electron chi connectivity index (χ1n) is 15.5. The predicted octanol–water partition coefficient (Wildman–Crippen LogP) is 7.90. The molecule has 3 aliphatic heterocycles. The standard InChI is InChI=1S/C37H41N3O6/c1-22-16-26-14-15-40(5)29-18-24-8-11-27(12-9-24)44-33-20-25(10-13-31(33)42-6)19-30(39(3)4)35-23(2)17-34(43-7)36(46-38-41)37(35)45-32(22)21-28(26)29/h8-13,16-17,20-21,29-30H,14-15,18-19H2,1-7H3/t29-,30-/m0/s1. The van der Waals surface area contributed by atoms with E-state index in [4.69, 9.17) is 23.8 Å². The van der Waals surface area contributed by atoms with Gasteiger partial charge in [0.1, 0.15) is 11.5 Å². The highest BCUT2D eigenvalue weighted by Gasteiger charge is 2.31. The fourth-order valence-electron chi connectivity index (χ4n) is 6.75. The van der Waals surface area contributed by atoms with Gasteiger partial charge in [-0.25, -0.2) is 0 Å². The van der Waals surface area contributed by atoms with Crippen LogP contribution >= 0.6 is 0 Å². The summed E-state index contributed by atoms with van der Waals surface area (Å²) in [6.07, 6.45) is 2.37. The summed E-state index contributed by atoms with van der Waals surface area (Å²) in [6, 6.07) is 20.5. The van der Waals surface area contributed by atoms with E-state index in [1.54, 1.807) is 14.2 Å². The van der Waals surface area contributed by atoms with Gasteiger partial charge in [-0.2, -0.15) is 0 Å². The fourth-order valence-corrected chi connectivity index (χ4v) is 6.75. The molecule has 0 fully saturated rings. The number of hydrogen-bond acceptors (Lipinski definition) is 9. The normalized spacial score (nSPS) is 17.7. The van der Waals surface area contributed by atoms with E-state index < -0.39 is 0 Å². The molecule has 0 radical (unpaired) electrons. The third kappa shape index (κ3) is 6.00. The Kier molecular flexibility index (Phi) is 8.88. The molecule has 3 aliphatic rings. The lowest BCUT2D eigenvalue weighted by Crippen LogP contribution is -2.33. The molecular formula is C37H41N3O6. The molecular weight excluding hydrogens is 582 g/mol. The Morgan fingerprint density at radius 3 is 2.28 bits per heavy atom. The second kappa shape index (κ2) is 13.0. The summed E-state index contributed by atoms with van der Waals surface area (Å²) in [5, 5.41) is 2.82. The van der Waals surface area contributed by atoms with Crippen molar-refractivity contribution in [2.75, 3.05) is 41.9 Å². The van der Waals surface area contributed by atoms with Crippen LogP contribution in [0.15, 0.2) is 66.0 Å². The number of aryl methyl sites for hydroxylation is 2. The lowest BCUT2D eigenvalue weighted by molar-refractivity contribution is 0.228. The van der Waals surface area contributed by atoms with E-state index in [1.807, 2.05) is 57.4 Å². The topological polar surface area (TPSA) is 82.1 Å². The lowest BCUT2D eigenvalue weighted by Gasteiger charge is -2.35. The molecule has 6 bridgehead atoms. The van der Waals surface area contributed by atoms with Gasteiger partial charge in [0.25, 0.3) is 0 Å². The molecule has 9 heteroatoms. The van der Waals surface area contributed by atoms with Crippen molar-refractivity contribution in [3.8, 4) is 40.2 Å². The van der Waals surface area contributed by atoms with Crippen molar-refractivity contribution >= 4 is 0 Å². The van der Waals surface area contributed by atoms with Crippen molar-refractivity contribution in [1.82, 2.24) is 9.80 Å². The molecule has 0 spiro atoms. The number of nitrogens with zero attached hydrogens (tertiary/aromatic N) is 3. The fraction of sp³-hybridized carbons (Fsp3) is 0.351. The Labute approximate surface area is 270 Å². The highest BCUT2D eigenvalue weighted by molar-refractivity contribution is 5.62. The van der Waals surface area contributed by atoms with Gasteiger partial charge < -0.3 is 28.7 Å². The molecule has 4 aromatic rings. The molecule has 0 saturated carbocycles. The molecule has 0 aromatic heterocycles. The van der Waals surface area contributed by atoms with Gasteiger partial charge in [0, 0.05) is 24.2 Å². The maximum atomic E-state index is 11.6. The van der Waals surface area contributed by atoms with E-state index >= 15 is 0 Å². The van der Waals surface area contributed by atoms with Crippen LogP contribution in [0.1, 0.15) is 51.0 Å². The number of likely N-dealkylation sites (N-methyl/N-ethyl adjacent to an activating group) is 2. The summed E-state index contributed by atoms with van der Waals surface area (Å²) in [5.41, 5.74) is 7.55. The summed E-state index contributed by atoms with van der Waals surface area (Å²) in [4.78, 5) is 21.6. The lowest BCUT2D eigenvalue weighted by atomic mass is 9.87. The Balaban J connectivity index is 1.61. The largest absolute Gasteiger partial charge is 0.493 e. The van der Waals surface area contributed by atoms with E-state index in [9.17, 15) is 4.91 Å². The minimum atomic E-state index is -0.189. The number of fused-ring (bicyclic) bond motifs is 3. The third-order valence-corrected chi connectivity index (χ3v) is 9.26. The summed E-state index contributed by atoms with van der Waals surface area (Å²) in [7, 11) is 9.40.